The summed E-state index contributed by atoms with van der Waals surface area (Å²) in [6.45, 7) is 4.60. The van der Waals surface area contributed by atoms with E-state index < -0.39 is 17.0 Å². The molecule has 0 bridgehead atoms. The summed E-state index contributed by atoms with van der Waals surface area (Å²) in [7, 11) is 0. The summed E-state index contributed by atoms with van der Waals surface area (Å²) in [5, 5.41) is 10.0. The predicted octanol–water partition coefficient (Wildman–Crippen LogP) is 3.81. The molecule has 0 saturated heterocycles. The third-order valence-electron chi connectivity index (χ3n) is 5.58. The highest BCUT2D eigenvalue weighted by Crippen LogP contribution is 2.53. The SMILES string of the molecule is CC1(C)C=C(c2cc(F)c3c(c2)C2(COC(N)=N2)c2cc(O)ccc2O3)CCO1. The number of phenolic OH excluding ortho intramolecular Hbond substituents is 1. The van der Waals surface area contributed by atoms with Gasteiger partial charge in [-0.1, -0.05) is 0 Å². The highest BCUT2D eigenvalue weighted by Gasteiger charge is 2.48. The zero-order chi connectivity index (χ0) is 20.4. The number of phenols is 1. The molecule has 0 radical (unpaired) electrons. The molecule has 0 saturated carbocycles. The zero-order valence-corrected chi connectivity index (χ0v) is 16.2. The van der Waals surface area contributed by atoms with Crippen LogP contribution in [-0.2, 0) is 15.0 Å². The van der Waals surface area contributed by atoms with Crippen LogP contribution < -0.4 is 10.5 Å². The van der Waals surface area contributed by atoms with Crippen molar-refractivity contribution in [1.82, 2.24) is 0 Å². The van der Waals surface area contributed by atoms with Gasteiger partial charge in [0, 0.05) is 11.1 Å². The van der Waals surface area contributed by atoms with Crippen LogP contribution in [0, 0.1) is 5.82 Å². The molecule has 3 N–H and O–H groups in total. The van der Waals surface area contributed by atoms with Crippen molar-refractivity contribution < 1.29 is 23.7 Å². The van der Waals surface area contributed by atoms with Crippen molar-refractivity contribution in [3.05, 3.63) is 58.9 Å². The van der Waals surface area contributed by atoms with Gasteiger partial charge in [0.05, 0.1) is 12.2 Å². The normalized spacial score (nSPS) is 24.1. The van der Waals surface area contributed by atoms with Crippen LogP contribution in [0.4, 0.5) is 4.39 Å². The summed E-state index contributed by atoms with van der Waals surface area (Å²) in [4.78, 5) is 4.53. The standard InChI is InChI=1S/C22H21FN2O4/c1-21(2)10-12(5-6-28-21)13-7-16-19(17(23)8-13)29-18-4-3-14(26)9-15(18)22(16)11-27-20(24)25-22/h3-4,7-10,26H,5-6,11H2,1-2H3,(H2,24,25). The number of rotatable bonds is 1. The van der Waals surface area contributed by atoms with Gasteiger partial charge >= 0.3 is 0 Å². The Hall–Kier alpha value is -3.06. The molecule has 0 aromatic heterocycles. The third-order valence-corrected chi connectivity index (χ3v) is 5.58. The molecular formula is C22H21FN2O4. The second-order valence-electron chi connectivity index (χ2n) is 8.09. The maximum Gasteiger partial charge on any atom is 0.283 e. The summed E-state index contributed by atoms with van der Waals surface area (Å²) in [6.07, 6.45) is 2.69. The number of hydrogen-bond donors (Lipinski definition) is 2. The van der Waals surface area contributed by atoms with E-state index >= 15 is 4.39 Å². The quantitative estimate of drug-likeness (QED) is 0.766. The van der Waals surface area contributed by atoms with Gasteiger partial charge in [-0.25, -0.2) is 9.38 Å². The second kappa shape index (κ2) is 5.97. The van der Waals surface area contributed by atoms with E-state index in [2.05, 4.69) is 4.99 Å². The summed E-state index contributed by atoms with van der Waals surface area (Å²) in [5.41, 5.74) is 7.19. The van der Waals surface area contributed by atoms with Crippen molar-refractivity contribution in [2.75, 3.05) is 13.2 Å². The Morgan fingerprint density at radius 2 is 2.00 bits per heavy atom. The lowest BCUT2D eigenvalue weighted by Gasteiger charge is -2.34. The molecule has 3 aliphatic rings. The maximum absolute atomic E-state index is 15.2. The molecule has 0 fully saturated rings. The number of aliphatic imine (C=N–C) groups is 1. The van der Waals surface area contributed by atoms with E-state index in [9.17, 15) is 5.11 Å². The Kier molecular flexibility index (Phi) is 3.70. The average Bonchev–Trinajstić information content (AvgIpc) is 3.05. The van der Waals surface area contributed by atoms with Gasteiger partial charge in [-0.05, 0) is 67.8 Å². The first-order valence-electron chi connectivity index (χ1n) is 9.47. The molecule has 150 valence electrons. The lowest BCUT2D eigenvalue weighted by atomic mass is 9.79. The van der Waals surface area contributed by atoms with Crippen molar-refractivity contribution in [2.24, 2.45) is 10.7 Å². The summed E-state index contributed by atoms with van der Waals surface area (Å²) in [5.74, 6) is 0.0826. The molecular weight excluding hydrogens is 375 g/mol. The molecule has 29 heavy (non-hydrogen) atoms. The van der Waals surface area contributed by atoms with Crippen LogP contribution in [0.2, 0.25) is 0 Å². The largest absolute Gasteiger partial charge is 0.508 e. The van der Waals surface area contributed by atoms with Gasteiger partial charge < -0.3 is 25.1 Å². The number of benzene rings is 2. The highest BCUT2D eigenvalue weighted by molar-refractivity contribution is 5.78. The fraction of sp³-hybridized carbons (Fsp3) is 0.318. The molecule has 2 aromatic carbocycles. The third kappa shape index (κ3) is 2.76. The van der Waals surface area contributed by atoms with Crippen LogP contribution in [0.3, 0.4) is 0 Å². The van der Waals surface area contributed by atoms with E-state index in [1.165, 1.54) is 12.1 Å². The number of aromatic hydroxyl groups is 1. The fourth-order valence-corrected chi connectivity index (χ4v) is 4.27. The first-order chi connectivity index (χ1) is 13.8. The first-order valence-corrected chi connectivity index (χ1v) is 9.47. The minimum atomic E-state index is -1.08. The number of nitrogens with two attached hydrogens (primary N) is 1. The van der Waals surface area contributed by atoms with Gasteiger partial charge in [-0.2, -0.15) is 0 Å². The van der Waals surface area contributed by atoms with E-state index in [0.29, 0.717) is 29.9 Å². The average molecular weight is 396 g/mol. The van der Waals surface area contributed by atoms with Gasteiger partial charge in [-0.15, -0.1) is 0 Å². The van der Waals surface area contributed by atoms with E-state index in [1.807, 2.05) is 26.0 Å². The monoisotopic (exact) mass is 396 g/mol. The number of halogens is 1. The molecule has 1 spiro atoms. The Morgan fingerprint density at radius 3 is 2.72 bits per heavy atom. The molecule has 0 amide bonds. The van der Waals surface area contributed by atoms with Gasteiger partial charge in [-0.3, -0.25) is 0 Å². The zero-order valence-electron chi connectivity index (χ0n) is 16.2. The molecule has 3 aliphatic heterocycles. The number of fused-ring (bicyclic) bond motifs is 4. The molecule has 6 nitrogen and oxygen atoms in total. The Labute approximate surface area is 167 Å². The van der Waals surface area contributed by atoms with Crippen molar-refractivity contribution in [3.63, 3.8) is 0 Å². The van der Waals surface area contributed by atoms with Gasteiger partial charge in [0.25, 0.3) is 6.02 Å². The number of amidine groups is 1. The van der Waals surface area contributed by atoms with E-state index in [-0.39, 0.29) is 24.1 Å². The van der Waals surface area contributed by atoms with Crippen LogP contribution in [-0.4, -0.2) is 29.9 Å². The topological polar surface area (TPSA) is 86.3 Å². The second-order valence-corrected chi connectivity index (χ2v) is 8.09. The maximum atomic E-state index is 15.2. The van der Waals surface area contributed by atoms with Crippen LogP contribution in [0.5, 0.6) is 17.2 Å². The van der Waals surface area contributed by atoms with Crippen molar-refractivity contribution in [3.8, 4) is 17.2 Å². The molecule has 2 aromatic rings. The van der Waals surface area contributed by atoms with Gasteiger partial charge in [0.1, 0.15) is 18.1 Å². The fourth-order valence-electron chi connectivity index (χ4n) is 4.27. The number of nitrogens with zero attached hydrogens (tertiary/aromatic N) is 1. The molecule has 1 unspecified atom stereocenters. The van der Waals surface area contributed by atoms with Crippen LogP contribution in [0.15, 0.2) is 41.4 Å². The van der Waals surface area contributed by atoms with E-state index in [4.69, 9.17) is 19.9 Å². The van der Waals surface area contributed by atoms with Gasteiger partial charge in [0.15, 0.2) is 17.1 Å². The van der Waals surface area contributed by atoms with Gasteiger partial charge in [0.2, 0.25) is 0 Å². The smallest absolute Gasteiger partial charge is 0.283 e. The Balaban J connectivity index is 1.74. The minimum absolute atomic E-state index is 0.0179. The molecule has 5 rings (SSSR count). The van der Waals surface area contributed by atoms with Crippen molar-refractivity contribution >= 4 is 11.6 Å². The number of ether oxygens (including phenoxy) is 3. The van der Waals surface area contributed by atoms with Crippen molar-refractivity contribution in [1.29, 1.82) is 0 Å². The predicted molar refractivity (Wildman–Crippen MR) is 106 cm³/mol. The Bertz CT molecular complexity index is 1090. The number of hydrogen-bond acceptors (Lipinski definition) is 6. The molecule has 3 heterocycles. The Morgan fingerprint density at radius 1 is 1.17 bits per heavy atom. The van der Waals surface area contributed by atoms with Crippen molar-refractivity contribution in [2.45, 2.75) is 31.4 Å². The van der Waals surface area contributed by atoms with Crippen LogP contribution in [0.1, 0.15) is 37.0 Å². The molecule has 0 aliphatic carbocycles. The summed E-state index contributed by atoms with van der Waals surface area (Å²) >= 11 is 0. The summed E-state index contributed by atoms with van der Waals surface area (Å²) < 4.78 is 32.3. The van der Waals surface area contributed by atoms with Crippen LogP contribution in [0.25, 0.3) is 5.57 Å². The summed E-state index contributed by atoms with van der Waals surface area (Å²) in [6, 6.07) is 8.02. The molecule has 1 atom stereocenters. The first kappa shape index (κ1) is 18.0. The highest BCUT2D eigenvalue weighted by atomic mass is 19.1. The minimum Gasteiger partial charge on any atom is -0.508 e. The molecule has 7 heteroatoms. The lowest BCUT2D eigenvalue weighted by Crippen LogP contribution is -2.32. The van der Waals surface area contributed by atoms with E-state index in [0.717, 1.165) is 11.1 Å². The van der Waals surface area contributed by atoms with E-state index in [1.54, 1.807) is 12.1 Å². The lowest BCUT2D eigenvalue weighted by molar-refractivity contribution is 0.0165. The van der Waals surface area contributed by atoms with Crippen LogP contribution >= 0.6 is 0 Å².